The molecule has 0 aliphatic carbocycles. The lowest BCUT2D eigenvalue weighted by molar-refractivity contribution is -0.115. The number of fused-ring (bicyclic) bond motifs is 1. The van der Waals surface area contributed by atoms with Crippen molar-refractivity contribution >= 4 is 39.7 Å². The van der Waals surface area contributed by atoms with Crippen molar-refractivity contribution in [1.82, 2.24) is 14.4 Å². The third-order valence-electron chi connectivity index (χ3n) is 4.82. The number of carbonyl (C=O) groups excluding carboxylic acids is 2. The van der Waals surface area contributed by atoms with Gasteiger partial charge in [-0.1, -0.05) is 19.1 Å². The van der Waals surface area contributed by atoms with Crippen LogP contribution in [0.5, 0.6) is 0 Å². The number of imidazole rings is 1. The summed E-state index contributed by atoms with van der Waals surface area (Å²) in [5.74, 6) is -0.656. The van der Waals surface area contributed by atoms with E-state index in [-0.39, 0.29) is 18.2 Å². The fourth-order valence-corrected chi connectivity index (χ4v) is 4.04. The maximum absolute atomic E-state index is 12.4. The van der Waals surface area contributed by atoms with Gasteiger partial charge in [-0.2, -0.15) is 0 Å². The topological polar surface area (TPSA) is 76.8 Å². The summed E-state index contributed by atoms with van der Waals surface area (Å²) in [5, 5.41) is 2.32. The van der Waals surface area contributed by atoms with E-state index < -0.39 is 5.97 Å². The minimum absolute atomic E-state index is 0.00273. The molecule has 0 radical (unpaired) electrons. The largest absolute Gasteiger partial charge is 0.454 e. The van der Waals surface area contributed by atoms with Gasteiger partial charge in [0.05, 0.1) is 11.4 Å². The Kier molecular flexibility index (Phi) is 5.81. The molecule has 31 heavy (non-hydrogen) atoms. The lowest BCUT2D eigenvalue weighted by Gasteiger charge is -2.18. The average molecular weight is 435 g/mol. The summed E-state index contributed by atoms with van der Waals surface area (Å²) in [6, 6.07) is 11.7. The number of anilines is 2. The molecular weight excluding hydrogens is 412 g/mol. The fourth-order valence-electron chi connectivity index (χ4n) is 3.17. The maximum Gasteiger partial charge on any atom is 0.358 e. The molecule has 0 N–H and O–H groups in total. The van der Waals surface area contributed by atoms with Crippen molar-refractivity contribution in [3.8, 4) is 0 Å². The van der Waals surface area contributed by atoms with E-state index in [9.17, 15) is 9.59 Å². The molecule has 0 bridgehead atoms. The monoisotopic (exact) mass is 434 g/mol. The number of benzene rings is 1. The zero-order valence-corrected chi connectivity index (χ0v) is 18.3. The van der Waals surface area contributed by atoms with Gasteiger partial charge in [0.15, 0.2) is 10.8 Å². The van der Waals surface area contributed by atoms with Crippen molar-refractivity contribution < 1.29 is 14.3 Å². The Morgan fingerprint density at radius 1 is 1.16 bits per heavy atom. The number of pyridine rings is 1. The summed E-state index contributed by atoms with van der Waals surface area (Å²) in [5.41, 5.74) is 4.51. The standard InChI is InChI=1S/C23H22N4O3S/c1-4-17-5-7-19(8-6-17)27(16(3)28)23-24-18(14-31-23)13-30-22(29)20-12-26-10-9-15(2)11-21(26)25-20/h5-12,14H,4,13H2,1-3H3. The fraction of sp³-hybridized carbons (Fsp3) is 0.217. The highest BCUT2D eigenvalue weighted by atomic mass is 32.1. The molecule has 0 saturated carbocycles. The highest BCUT2D eigenvalue weighted by Crippen LogP contribution is 2.29. The van der Waals surface area contributed by atoms with Gasteiger partial charge < -0.3 is 9.14 Å². The number of thiazole rings is 1. The first-order valence-electron chi connectivity index (χ1n) is 9.91. The van der Waals surface area contributed by atoms with Crippen molar-refractivity contribution in [2.24, 2.45) is 0 Å². The van der Waals surface area contributed by atoms with Crippen molar-refractivity contribution in [2.45, 2.75) is 33.8 Å². The Morgan fingerprint density at radius 3 is 2.65 bits per heavy atom. The molecule has 0 aliphatic rings. The molecule has 3 heterocycles. The number of carbonyl (C=O) groups is 2. The van der Waals surface area contributed by atoms with Crippen LogP contribution in [0.15, 0.2) is 54.2 Å². The number of ether oxygens (including phenoxy) is 1. The predicted octanol–water partition coefficient (Wildman–Crippen LogP) is 4.70. The number of nitrogens with zero attached hydrogens (tertiary/aromatic N) is 4. The lowest BCUT2D eigenvalue weighted by Crippen LogP contribution is -2.22. The van der Waals surface area contributed by atoms with E-state index in [0.717, 1.165) is 17.7 Å². The second-order valence-electron chi connectivity index (χ2n) is 7.17. The molecule has 0 unspecified atom stereocenters. The number of hydrogen-bond donors (Lipinski definition) is 0. The first-order valence-corrected chi connectivity index (χ1v) is 10.8. The van der Waals surface area contributed by atoms with Crippen LogP contribution in [0.1, 0.15) is 41.2 Å². The third-order valence-corrected chi connectivity index (χ3v) is 5.70. The summed E-state index contributed by atoms with van der Waals surface area (Å²) in [6.45, 7) is 5.55. The summed E-state index contributed by atoms with van der Waals surface area (Å²) < 4.78 is 7.17. The normalized spacial score (nSPS) is 10.9. The third kappa shape index (κ3) is 4.49. The van der Waals surface area contributed by atoms with Crippen LogP contribution in [-0.4, -0.2) is 26.2 Å². The number of rotatable bonds is 6. The molecule has 4 aromatic rings. The van der Waals surface area contributed by atoms with Gasteiger partial charge in [-0.25, -0.2) is 14.8 Å². The second kappa shape index (κ2) is 8.69. The molecule has 0 atom stereocenters. The summed E-state index contributed by atoms with van der Waals surface area (Å²) in [4.78, 5) is 35.0. The zero-order chi connectivity index (χ0) is 22.0. The van der Waals surface area contributed by atoms with Gasteiger partial charge in [0.2, 0.25) is 5.91 Å². The van der Waals surface area contributed by atoms with Crippen LogP contribution in [0, 0.1) is 6.92 Å². The SMILES string of the molecule is CCc1ccc(N(C(C)=O)c2nc(COC(=O)c3cn4ccc(C)cc4n3)cs2)cc1. The molecule has 0 aliphatic heterocycles. The van der Waals surface area contributed by atoms with Gasteiger partial charge in [-0.3, -0.25) is 9.69 Å². The van der Waals surface area contributed by atoms with Crippen LogP contribution in [0.4, 0.5) is 10.8 Å². The Labute approximate surface area is 183 Å². The Hall–Kier alpha value is -3.52. The predicted molar refractivity (Wildman–Crippen MR) is 120 cm³/mol. The van der Waals surface area contributed by atoms with Gasteiger partial charge in [0.25, 0.3) is 0 Å². The Bertz CT molecular complexity index is 1240. The second-order valence-corrected chi connectivity index (χ2v) is 8.00. The van der Waals surface area contributed by atoms with Crippen LogP contribution < -0.4 is 4.90 Å². The van der Waals surface area contributed by atoms with E-state index in [0.29, 0.717) is 16.5 Å². The van der Waals surface area contributed by atoms with E-state index in [1.807, 2.05) is 49.5 Å². The van der Waals surface area contributed by atoms with E-state index in [1.165, 1.54) is 23.8 Å². The number of aryl methyl sites for hydroxylation is 2. The van der Waals surface area contributed by atoms with Crippen LogP contribution in [0.3, 0.4) is 0 Å². The van der Waals surface area contributed by atoms with E-state index in [2.05, 4.69) is 16.9 Å². The van der Waals surface area contributed by atoms with Gasteiger partial charge in [-0.15, -0.1) is 11.3 Å². The molecule has 0 saturated heterocycles. The highest BCUT2D eigenvalue weighted by Gasteiger charge is 2.19. The number of hydrogen-bond acceptors (Lipinski definition) is 6. The first kappa shape index (κ1) is 20.7. The molecule has 4 rings (SSSR count). The van der Waals surface area contributed by atoms with Crippen LogP contribution in [-0.2, 0) is 22.6 Å². The van der Waals surface area contributed by atoms with E-state index in [4.69, 9.17) is 4.74 Å². The van der Waals surface area contributed by atoms with Gasteiger partial charge in [0, 0.05) is 24.7 Å². The van der Waals surface area contributed by atoms with Gasteiger partial charge in [-0.05, 0) is 48.7 Å². The van der Waals surface area contributed by atoms with Crippen molar-refractivity contribution in [1.29, 1.82) is 0 Å². The highest BCUT2D eigenvalue weighted by molar-refractivity contribution is 7.14. The van der Waals surface area contributed by atoms with Gasteiger partial charge >= 0.3 is 5.97 Å². The molecule has 1 aromatic carbocycles. The van der Waals surface area contributed by atoms with Crippen LogP contribution in [0.2, 0.25) is 0 Å². The summed E-state index contributed by atoms with van der Waals surface area (Å²) >= 11 is 1.33. The van der Waals surface area contributed by atoms with Crippen molar-refractivity contribution in [3.63, 3.8) is 0 Å². The molecule has 8 heteroatoms. The Morgan fingerprint density at radius 2 is 1.94 bits per heavy atom. The lowest BCUT2D eigenvalue weighted by atomic mass is 10.1. The molecule has 158 valence electrons. The van der Waals surface area contributed by atoms with Crippen LogP contribution in [0.25, 0.3) is 5.65 Å². The Balaban J connectivity index is 1.46. The zero-order valence-electron chi connectivity index (χ0n) is 17.5. The number of amides is 1. The van der Waals surface area contributed by atoms with E-state index in [1.54, 1.807) is 20.9 Å². The molecule has 7 nitrogen and oxygen atoms in total. The minimum Gasteiger partial charge on any atom is -0.454 e. The molecule has 0 spiro atoms. The van der Waals surface area contributed by atoms with Crippen LogP contribution >= 0.6 is 11.3 Å². The molecule has 0 fully saturated rings. The van der Waals surface area contributed by atoms with Crippen molar-refractivity contribution in [2.75, 3.05) is 4.90 Å². The average Bonchev–Trinajstić information content (AvgIpc) is 3.39. The van der Waals surface area contributed by atoms with Crippen molar-refractivity contribution in [3.05, 3.63) is 76.7 Å². The number of esters is 1. The number of aromatic nitrogens is 3. The minimum atomic E-state index is -0.519. The van der Waals surface area contributed by atoms with Gasteiger partial charge in [0.1, 0.15) is 12.3 Å². The first-order chi connectivity index (χ1) is 14.9. The quantitative estimate of drug-likeness (QED) is 0.411. The molecule has 1 amide bonds. The van der Waals surface area contributed by atoms with E-state index >= 15 is 0 Å². The molecular formula is C23H22N4O3S. The summed E-state index contributed by atoms with van der Waals surface area (Å²) in [7, 11) is 0. The molecule has 3 aromatic heterocycles. The summed E-state index contributed by atoms with van der Waals surface area (Å²) in [6.07, 6.45) is 4.42. The maximum atomic E-state index is 12.4. The smallest absolute Gasteiger partial charge is 0.358 e.